The monoisotopic (exact) mass is 226 g/mol. The molecule has 0 aliphatic heterocycles. The van der Waals surface area contributed by atoms with E-state index in [9.17, 15) is 0 Å². The first-order chi connectivity index (χ1) is 7.59. The average Bonchev–Trinajstić information content (AvgIpc) is 2.54. The predicted molar refractivity (Wildman–Crippen MR) is 71.6 cm³/mol. The van der Waals surface area contributed by atoms with Gasteiger partial charge in [-0.05, 0) is 31.3 Å². The summed E-state index contributed by atoms with van der Waals surface area (Å²) in [6.07, 6.45) is 8.51. The van der Waals surface area contributed by atoms with Gasteiger partial charge in [0.25, 0.3) is 0 Å². The molecule has 1 saturated carbocycles. The third kappa shape index (κ3) is 4.42. The van der Waals surface area contributed by atoms with Crippen molar-refractivity contribution in [3.05, 3.63) is 0 Å². The van der Waals surface area contributed by atoms with Crippen LogP contribution in [0.5, 0.6) is 0 Å². The number of hydrogen-bond donors (Lipinski definition) is 1. The van der Waals surface area contributed by atoms with E-state index in [1.165, 1.54) is 45.1 Å². The Hall–Kier alpha value is -0.0800. The van der Waals surface area contributed by atoms with Gasteiger partial charge in [0.15, 0.2) is 0 Å². The molecule has 0 atom stereocenters. The van der Waals surface area contributed by atoms with Crippen LogP contribution in [0.3, 0.4) is 0 Å². The standard InChI is InChI=1S/C14H30N2/c1-4-16(12-14(2,3)11-15)13-9-7-5-6-8-10-13/h13H,4-12,15H2,1-3H3. The van der Waals surface area contributed by atoms with Gasteiger partial charge in [0.1, 0.15) is 0 Å². The number of nitrogens with two attached hydrogens (primary N) is 1. The molecular weight excluding hydrogens is 196 g/mol. The fraction of sp³-hybridized carbons (Fsp3) is 1.00. The van der Waals surface area contributed by atoms with E-state index < -0.39 is 0 Å². The normalized spacial score (nSPS) is 20.1. The van der Waals surface area contributed by atoms with Crippen molar-refractivity contribution in [2.75, 3.05) is 19.6 Å². The summed E-state index contributed by atoms with van der Waals surface area (Å²) in [4.78, 5) is 2.66. The summed E-state index contributed by atoms with van der Waals surface area (Å²) in [6, 6.07) is 0.818. The van der Waals surface area contributed by atoms with Gasteiger partial charge in [0.05, 0.1) is 0 Å². The summed E-state index contributed by atoms with van der Waals surface area (Å²) in [7, 11) is 0. The van der Waals surface area contributed by atoms with E-state index in [-0.39, 0.29) is 5.41 Å². The minimum atomic E-state index is 0.266. The molecule has 1 rings (SSSR count). The second-order valence-electron chi connectivity index (χ2n) is 6.08. The first-order valence-corrected chi connectivity index (χ1v) is 7.03. The van der Waals surface area contributed by atoms with Crippen LogP contribution in [0.2, 0.25) is 0 Å². The van der Waals surface area contributed by atoms with Gasteiger partial charge in [0, 0.05) is 12.6 Å². The molecule has 0 amide bonds. The summed E-state index contributed by atoms with van der Waals surface area (Å²) < 4.78 is 0. The Morgan fingerprint density at radius 2 is 1.69 bits per heavy atom. The van der Waals surface area contributed by atoms with E-state index in [0.717, 1.165) is 19.1 Å². The van der Waals surface area contributed by atoms with Gasteiger partial charge in [-0.1, -0.05) is 46.5 Å². The molecule has 0 aromatic rings. The van der Waals surface area contributed by atoms with Crippen LogP contribution in [-0.4, -0.2) is 30.6 Å². The van der Waals surface area contributed by atoms with Crippen LogP contribution in [0.15, 0.2) is 0 Å². The van der Waals surface area contributed by atoms with Gasteiger partial charge in [-0.15, -0.1) is 0 Å². The zero-order valence-corrected chi connectivity index (χ0v) is 11.5. The second kappa shape index (κ2) is 6.61. The molecule has 0 aromatic carbocycles. The Balaban J connectivity index is 2.51. The molecule has 1 fully saturated rings. The lowest BCUT2D eigenvalue weighted by Crippen LogP contribution is -2.44. The van der Waals surface area contributed by atoms with Gasteiger partial charge < -0.3 is 10.6 Å². The van der Waals surface area contributed by atoms with Crippen LogP contribution in [-0.2, 0) is 0 Å². The van der Waals surface area contributed by atoms with E-state index in [0.29, 0.717) is 0 Å². The smallest absolute Gasteiger partial charge is 0.00953 e. The quantitative estimate of drug-likeness (QED) is 0.730. The Morgan fingerprint density at radius 3 is 2.12 bits per heavy atom. The van der Waals surface area contributed by atoms with Crippen molar-refractivity contribution in [1.29, 1.82) is 0 Å². The Morgan fingerprint density at radius 1 is 1.12 bits per heavy atom. The molecule has 0 spiro atoms. The first kappa shape index (κ1) is 14.0. The van der Waals surface area contributed by atoms with Crippen LogP contribution >= 0.6 is 0 Å². The summed E-state index contributed by atoms with van der Waals surface area (Å²) >= 11 is 0. The fourth-order valence-corrected chi connectivity index (χ4v) is 2.74. The highest BCUT2D eigenvalue weighted by Gasteiger charge is 2.25. The molecule has 1 aliphatic rings. The van der Waals surface area contributed by atoms with Gasteiger partial charge in [-0.3, -0.25) is 0 Å². The number of nitrogens with zero attached hydrogens (tertiary/aromatic N) is 1. The Kier molecular flexibility index (Phi) is 5.77. The molecule has 0 bridgehead atoms. The van der Waals surface area contributed by atoms with Gasteiger partial charge in [-0.25, -0.2) is 0 Å². The number of hydrogen-bond acceptors (Lipinski definition) is 2. The SMILES string of the molecule is CCN(CC(C)(C)CN)C1CCCCCC1. The highest BCUT2D eigenvalue weighted by atomic mass is 15.2. The largest absolute Gasteiger partial charge is 0.330 e. The lowest BCUT2D eigenvalue weighted by Gasteiger charge is -2.36. The minimum Gasteiger partial charge on any atom is -0.330 e. The molecule has 0 radical (unpaired) electrons. The molecule has 0 heterocycles. The van der Waals surface area contributed by atoms with Crippen LogP contribution in [0, 0.1) is 5.41 Å². The molecule has 0 unspecified atom stereocenters. The third-order valence-electron chi connectivity index (χ3n) is 3.93. The second-order valence-corrected chi connectivity index (χ2v) is 6.08. The van der Waals surface area contributed by atoms with Gasteiger partial charge in [0.2, 0.25) is 0 Å². The van der Waals surface area contributed by atoms with E-state index in [1.54, 1.807) is 0 Å². The molecule has 2 N–H and O–H groups in total. The maximum Gasteiger partial charge on any atom is 0.00953 e. The molecule has 16 heavy (non-hydrogen) atoms. The van der Waals surface area contributed by atoms with Crippen molar-refractivity contribution in [3.63, 3.8) is 0 Å². The van der Waals surface area contributed by atoms with Crippen LogP contribution in [0.1, 0.15) is 59.3 Å². The van der Waals surface area contributed by atoms with Gasteiger partial charge in [-0.2, -0.15) is 0 Å². The summed E-state index contributed by atoms with van der Waals surface area (Å²) in [6.45, 7) is 9.98. The summed E-state index contributed by atoms with van der Waals surface area (Å²) in [5.41, 5.74) is 6.11. The van der Waals surface area contributed by atoms with Crippen LogP contribution in [0.25, 0.3) is 0 Å². The molecule has 1 aliphatic carbocycles. The molecule has 96 valence electrons. The van der Waals surface area contributed by atoms with Crippen molar-refractivity contribution in [2.45, 2.75) is 65.3 Å². The Labute approximate surface area is 102 Å². The van der Waals surface area contributed by atoms with E-state index in [1.807, 2.05) is 0 Å². The first-order valence-electron chi connectivity index (χ1n) is 7.03. The molecule has 0 saturated heterocycles. The van der Waals surface area contributed by atoms with E-state index in [2.05, 4.69) is 25.7 Å². The molecule has 2 nitrogen and oxygen atoms in total. The van der Waals surface area contributed by atoms with Gasteiger partial charge >= 0.3 is 0 Å². The average molecular weight is 226 g/mol. The predicted octanol–water partition coefficient (Wildman–Crippen LogP) is 3.02. The highest BCUT2D eigenvalue weighted by molar-refractivity contribution is 4.80. The molecular formula is C14H30N2. The Bertz CT molecular complexity index is 181. The summed E-state index contributed by atoms with van der Waals surface area (Å²) in [5.74, 6) is 0. The molecule has 0 aromatic heterocycles. The lowest BCUT2D eigenvalue weighted by molar-refractivity contribution is 0.128. The topological polar surface area (TPSA) is 29.3 Å². The van der Waals surface area contributed by atoms with E-state index >= 15 is 0 Å². The van der Waals surface area contributed by atoms with Crippen molar-refractivity contribution in [2.24, 2.45) is 11.1 Å². The van der Waals surface area contributed by atoms with E-state index in [4.69, 9.17) is 5.73 Å². The van der Waals surface area contributed by atoms with Crippen molar-refractivity contribution >= 4 is 0 Å². The maximum absolute atomic E-state index is 5.84. The molecule has 2 heteroatoms. The van der Waals surface area contributed by atoms with Crippen LogP contribution in [0.4, 0.5) is 0 Å². The van der Waals surface area contributed by atoms with Crippen molar-refractivity contribution in [3.8, 4) is 0 Å². The van der Waals surface area contributed by atoms with Crippen LogP contribution < -0.4 is 5.73 Å². The zero-order chi connectivity index (χ0) is 12.0. The fourth-order valence-electron chi connectivity index (χ4n) is 2.74. The third-order valence-corrected chi connectivity index (χ3v) is 3.93. The lowest BCUT2D eigenvalue weighted by atomic mass is 9.91. The zero-order valence-electron chi connectivity index (χ0n) is 11.5. The maximum atomic E-state index is 5.84. The van der Waals surface area contributed by atoms with Crippen molar-refractivity contribution < 1.29 is 0 Å². The highest BCUT2D eigenvalue weighted by Crippen LogP contribution is 2.25. The minimum absolute atomic E-state index is 0.266. The van der Waals surface area contributed by atoms with Crippen molar-refractivity contribution in [1.82, 2.24) is 4.90 Å². The summed E-state index contributed by atoms with van der Waals surface area (Å²) in [5, 5.41) is 0. The number of rotatable bonds is 5.